The summed E-state index contributed by atoms with van der Waals surface area (Å²) < 4.78 is 38.8. The Hall–Kier alpha value is -1.07. The predicted molar refractivity (Wildman–Crippen MR) is 134 cm³/mol. The molecule has 9 heteroatoms. The highest BCUT2D eigenvalue weighted by molar-refractivity contribution is 14.0. The van der Waals surface area contributed by atoms with Crippen LogP contribution in [0.1, 0.15) is 43.7 Å². The van der Waals surface area contributed by atoms with Crippen molar-refractivity contribution in [1.29, 1.82) is 0 Å². The van der Waals surface area contributed by atoms with E-state index in [4.69, 9.17) is 4.99 Å². The molecular formula is C23H37F3IN5. The number of aliphatic imine (C=N–C) groups is 1. The molecule has 0 saturated carbocycles. The molecule has 0 radical (unpaired) electrons. The van der Waals surface area contributed by atoms with Crippen LogP contribution >= 0.6 is 24.0 Å². The van der Waals surface area contributed by atoms with Crippen LogP contribution in [-0.4, -0.2) is 68.1 Å². The number of hydrogen-bond donors (Lipinski definition) is 2. The Kier molecular flexibility index (Phi) is 11.0. The monoisotopic (exact) mass is 567 g/mol. The number of halogens is 4. The van der Waals surface area contributed by atoms with Gasteiger partial charge in [-0.25, -0.2) is 0 Å². The van der Waals surface area contributed by atoms with E-state index in [1.54, 1.807) is 6.07 Å². The second-order valence-corrected chi connectivity index (χ2v) is 8.88. The Morgan fingerprint density at radius 1 is 1.16 bits per heavy atom. The maximum Gasteiger partial charge on any atom is 0.416 e. The number of nitrogens with zero attached hydrogens (tertiary/aromatic N) is 3. The molecule has 1 aromatic carbocycles. The molecule has 1 aromatic rings. The van der Waals surface area contributed by atoms with Crippen LogP contribution in [0.5, 0.6) is 0 Å². The molecule has 0 aliphatic carbocycles. The lowest BCUT2D eigenvalue weighted by atomic mass is 9.99. The zero-order chi connectivity index (χ0) is 22.3. The zero-order valence-electron chi connectivity index (χ0n) is 19.1. The van der Waals surface area contributed by atoms with Crippen molar-refractivity contribution in [1.82, 2.24) is 20.4 Å². The van der Waals surface area contributed by atoms with Crippen LogP contribution < -0.4 is 10.6 Å². The van der Waals surface area contributed by atoms with Crippen molar-refractivity contribution in [2.45, 2.75) is 51.4 Å². The van der Waals surface area contributed by atoms with Crippen LogP contribution in [0.3, 0.4) is 0 Å². The van der Waals surface area contributed by atoms with Gasteiger partial charge in [0.1, 0.15) is 0 Å². The molecule has 0 spiro atoms. The Morgan fingerprint density at radius 3 is 2.56 bits per heavy atom. The van der Waals surface area contributed by atoms with Crippen molar-refractivity contribution in [2.24, 2.45) is 10.9 Å². The lowest BCUT2D eigenvalue weighted by Gasteiger charge is -2.33. The van der Waals surface area contributed by atoms with E-state index in [0.29, 0.717) is 24.1 Å². The molecule has 2 fully saturated rings. The third kappa shape index (κ3) is 8.70. The van der Waals surface area contributed by atoms with Crippen LogP contribution in [0, 0.1) is 5.92 Å². The summed E-state index contributed by atoms with van der Waals surface area (Å²) in [6.45, 7) is 8.30. The number of likely N-dealkylation sites (tertiary alicyclic amines) is 2. The Labute approximate surface area is 207 Å². The van der Waals surface area contributed by atoms with Gasteiger partial charge < -0.3 is 15.5 Å². The lowest BCUT2D eigenvalue weighted by molar-refractivity contribution is -0.137. The van der Waals surface area contributed by atoms with Crippen LogP contribution in [0.2, 0.25) is 0 Å². The second kappa shape index (κ2) is 13.0. The summed E-state index contributed by atoms with van der Waals surface area (Å²) >= 11 is 0. The van der Waals surface area contributed by atoms with Gasteiger partial charge in [0.2, 0.25) is 0 Å². The highest BCUT2D eigenvalue weighted by atomic mass is 127. The van der Waals surface area contributed by atoms with E-state index in [-0.39, 0.29) is 24.0 Å². The van der Waals surface area contributed by atoms with Gasteiger partial charge in [-0.2, -0.15) is 13.2 Å². The van der Waals surface area contributed by atoms with E-state index in [0.717, 1.165) is 57.6 Å². The highest BCUT2D eigenvalue weighted by Gasteiger charge is 2.30. The first-order chi connectivity index (χ1) is 14.8. The van der Waals surface area contributed by atoms with Crippen LogP contribution in [0.15, 0.2) is 29.3 Å². The largest absolute Gasteiger partial charge is 0.416 e. The van der Waals surface area contributed by atoms with Crippen molar-refractivity contribution in [3.05, 3.63) is 35.4 Å². The quantitative estimate of drug-likeness (QED) is 0.308. The van der Waals surface area contributed by atoms with Crippen molar-refractivity contribution in [3.63, 3.8) is 0 Å². The number of nitrogens with one attached hydrogen (secondary N) is 2. The van der Waals surface area contributed by atoms with Crippen LogP contribution in [0.25, 0.3) is 0 Å². The highest BCUT2D eigenvalue weighted by Crippen LogP contribution is 2.30. The van der Waals surface area contributed by atoms with Gasteiger partial charge >= 0.3 is 6.18 Å². The van der Waals surface area contributed by atoms with Gasteiger partial charge in [0.25, 0.3) is 0 Å². The Morgan fingerprint density at radius 2 is 1.91 bits per heavy atom. The fraction of sp³-hybridized carbons (Fsp3) is 0.696. The maximum absolute atomic E-state index is 12.9. The van der Waals surface area contributed by atoms with E-state index in [1.807, 2.05) is 0 Å². The predicted octanol–water partition coefficient (Wildman–Crippen LogP) is 4.18. The molecule has 0 aromatic heterocycles. The molecular weight excluding hydrogens is 530 g/mol. The van der Waals surface area contributed by atoms with Gasteiger partial charge in [-0.3, -0.25) is 9.89 Å². The van der Waals surface area contributed by atoms with Crippen molar-refractivity contribution in [2.75, 3.05) is 46.3 Å². The fourth-order valence-electron chi connectivity index (χ4n) is 4.50. The molecule has 32 heavy (non-hydrogen) atoms. The first-order valence-corrected chi connectivity index (χ1v) is 11.5. The van der Waals surface area contributed by atoms with Gasteiger partial charge in [-0.1, -0.05) is 18.2 Å². The first-order valence-electron chi connectivity index (χ1n) is 11.5. The van der Waals surface area contributed by atoms with Crippen molar-refractivity contribution in [3.8, 4) is 0 Å². The smallest absolute Gasteiger partial charge is 0.357 e. The summed E-state index contributed by atoms with van der Waals surface area (Å²) in [6, 6.07) is 6.01. The lowest BCUT2D eigenvalue weighted by Crippen LogP contribution is -2.48. The molecule has 182 valence electrons. The third-order valence-electron chi connectivity index (χ3n) is 6.16. The molecule has 2 heterocycles. The van der Waals surface area contributed by atoms with Crippen LogP contribution in [-0.2, 0) is 12.7 Å². The van der Waals surface area contributed by atoms with E-state index in [2.05, 4.69) is 34.4 Å². The van der Waals surface area contributed by atoms with Gasteiger partial charge in [0.05, 0.1) is 5.56 Å². The van der Waals surface area contributed by atoms with E-state index < -0.39 is 11.7 Å². The zero-order valence-corrected chi connectivity index (χ0v) is 21.5. The second-order valence-electron chi connectivity index (χ2n) is 8.88. The first kappa shape index (κ1) is 27.2. The van der Waals surface area contributed by atoms with Gasteiger partial charge in [0, 0.05) is 45.3 Å². The molecule has 2 saturated heterocycles. The minimum Gasteiger partial charge on any atom is -0.357 e. The average Bonchev–Trinajstić information content (AvgIpc) is 2.73. The number of guanidine groups is 1. The standard InChI is InChI=1S/C23H36F3N5.HI/c1-3-27-22(28-15-19-7-5-11-30(2)16-19)29-21-9-12-31(13-10-21)17-18-6-4-8-20(14-18)23(24,25)26;/h4,6,8,14,19,21H,3,5,7,9-13,15-17H2,1-2H3,(H2,27,28,29);1H. The summed E-state index contributed by atoms with van der Waals surface area (Å²) in [5, 5.41) is 6.93. The van der Waals surface area contributed by atoms with Gasteiger partial charge in [0.15, 0.2) is 5.96 Å². The molecule has 1 atom stereocenters. The topological polar surface area (TPSA) is 42.9 Å². The minimum atomic E-state index is -4.29. The molecule has 2 aliphatic heterocycles. The number of piperidine rings is 2. The minimum absolute atomic E-state index is 0. The van der Waals surface area contributed by atoms with Crippen molar-refractivity contribution < 1.29 is 13.2 Å². The molecule has 3 rings (SSSR count). The molecule has 0 bridgehead atoms. The van der Waals surface area contributed by atoms with Gasteiger partial charge in [-0.05, 0) is 63.7 Å². The Bertz CT molecular complexity index is 720. The van der Waals surface area contributed by atoms with E-state index >= 15 is 0 Å². The third-order valence-corrected chi connectivity index (χ3v) is 6.16. The molecule has 2 N–H and O–H groups in total. The average molecular weight is 567 g/mol. The Balaban J connectivity index is 0.00000363. The number of hydrogen-bond acceptors (Lipinski definition) is 3. The number of alkyl halides is 3. The summed E-state index contributed by atoms with van der Waals surface area (Å²) in [4.78, 5) is 9.44. The molecule has 5 nitrogen and oxygen atoms in total. The summed E-state index contributed by atoms with van der Waals surface area (Å²) in [7, 11) is 2.17. The van der Waals surface area contributed by atoms with E-state index in [1.165, 1.54) is 31.5 Å². The SMILES string of the molecule is CCNC(=NCC1CCCN(C)C1)NC1CCN(Cc2cccc(C(F)(F)F)c2)CC1.I. The number of rotatable bonds is 6. The normalized spacial score (nSPS) is 21.8. The molecule has 0 amide bonds. The summed E-state index contributed by atoms with van der Waals surface area (Å²) in [5.74, 6) is 1.50. The fourth-order valence-corrected chi connectivity index (χ4v) is 4.50. The van der Waals surface area contributed by atoms with Crippen LogP contribution in [0.4, 0.5) is 13.2 Å². The summed E-state index contributed by atoms with van der Waals surface area (Å²) in [5.41, 5.74) is 0.144. The number of benzene rings is 1. The van der Waals surface area contributed by atoms with Crippen molar-refractivity contribution >= 4 is 29.9 Å². The van der Waals surface area contributed by atoms with E-state index in [9.17, 15) is 13.2 Å². The molecule has 1 unspecified atom stereocenters. The maximum atomic E-state index is 12.9. The summed E-state index contributed by atoms with van der Waals surface area (Å²) in [6.07, 6.45) is 0.0965. The molecule has 2 aliphatic rings. The van der Waals surface area contributed by atoms with Gasteiger partial charge in [-0.15, -0.1) is 24.0 Å².